The van der Waals surface area contributed by atoms with E-state index in [0.29, 0.717) is 0 Å². The fraction of sp³-hybridized carbons (Fsp3) is 0.455. The van der Waals surface area contributed by atoms with Crippen LogP contribution in [0.2, 0.25) is 0 Å². The van der Waals surface area contributed by atoms with E-state index < -0.39 is 6.10 Å². The fourth-order valence-corrected chi connectivity index (χ4v) is 1.92. The largest absolute Gasteiger partial charge is 0.497 e. The number of methoxy groups -OCH3 is 1. The van der Waals surface area contributed by atoms with Crippen molar-refractivity contribution >= 4 is 0 Å². The highest BCUT2D eigenvalue weighted by atomic mass is 16.5. The summed E-state index contributed by atoms with van der Waals surface area (Å²) < 4.78 is 5.13. The van der Waals surface area contributed by atoms with Crippen molar-refractivity contribution in [1.82, 2.24) is 0 Å². The number of rotatable bonds is 1. The molecule has 3 N–H and O–H groups in total. The number of aliphatic hydroxyl groups excluding tert-OH is 1. The second-order valence-electron chi connectivity index (χ2n) is 3.71. The molecule has 0 aromatic heterocycles. The van der Waals surface area contributed by atoms with Gasteiger partial charge < -0.3 is 15.6 Å². The molecule has 0 radical (unpaired) electrons. The van der Waals surface area contributed by atoms with Crippen LogP contribution in [0.25, 0.3) is 0 Å². The molecule has 0 aliphatic heterocycles. The molecule has 1 aromatic carbocycles. The summed E-state index contributed by atoms with van der Waals surface area (Å²) in [6.45, 7) is 0. The summed E-state index contributed by atoms with van der Waals surface area (Å²) in [6.07, 6.45) is 1.23. The molecule has 2 rings (SSSR count). The van der Waals surface area contributed by atoms with Gasteiger partial charge in [-0.05, 0) is 36.1 Å². The van der Waals surface area contributed by atoms with Gasteiger partial charge in [0.1, 0.15) is 5.75 Å². The van der Waals surface area contributed by atoms with Crippen LogP contribution in [0.1, 0.15) is 23.7 Å². The molecule has 0 saturated heterocycles. The number of ether oxygens (including phenoxy) is 1. The average molecular weight is 193 g/mol. The number of hydrogen-bond donors (Lipinski definition) is 2. The quantitative estimate of drug-likeness (QED) is 0.699. The zero-order valence-electron chi connectivity index (χ0n) is 8.23. The molecule has 3 heteroatoms. The third-order valence-electron chi connectivity index (χ3n) is 2.82. The van der Waals surface area contributed by atoms with Gasteiger partial charge in [0.2, 0.25) is 0 Å². The maximum Gasteiger partial charge on any atom is 0.119 e. The summed E-state index contributed by atoms with van der Waals surface area (Å²) >= 11 is 0. The molecule has 0 spiro atoms. The third kappa shape index (κ3) is 1.49. The molecule has 1 aromatic rings. The van der Waals surface area contributed by atoms with Crippen molar-refractivity contribution in [2.24, 2.45) is 5.73 Å². The van der Waals surface area contributed by atoms with E-state index in [1.807, 2.05) is 18.2 Å². The lowest BCUT2D eigenvalue weighted by Gasteiger charge is -2.27. The van der Waals surface area contributed by atoms with E-state index in [9.17, 15) is 5.11 Å². The van der Waals surface area contributed by atoms with Crippen LogP contribution in [0.5, 0.6) is 5.75 Å². The number of fused-ring (bicyclic) bond motifs is 1. The maximum atomic E-state index is 9.83. The van der Waals surface area contributed by atoms with Gasteiger partial charge in [0.05, 0.1) is 13.2 Å². The molecule has 0 amide bonds. The zero-order chi connectivity index (χ0) is 10.1. The van der Waals surface area contributed by atoms with Crippen LogP contribution >= 0.6 is 0 Å². The number of hydrogen-bond acceptors (Lipinski definition) is 3. The monoisotopic (exact) mass is 193 g/mol. The van der Waals surface area contributed by atoms with E-state index in [0.717, 1.165) is 29.7 Å². The SMILES string of the molecule is COc1ccc2c(c1)CCC(N)C2O. The van der Waals surface area contributed by atoms with Crippen LogP contribution in [0.15, 0.2) is 18.2 Å². The Kier molecular flexibility index (Phi) is 2.44. The topological polar surface area (TPSA) is 55.5 Å². The van der Waals surface area contributed by atoms with Crippen LogP contribution in [-0.4, -0.2) is 18.3 Å². The van der Waals surface area contributed by atoms with Crippen molar-refractivity contribution in [2.45, 2.75) is 25.0 Å². The Morgan fingerprint density at radius 3 is 3.00 bits per heavy atom. The minimum absolute atomic E-state index is 0.129. The number of nitrogens with two attached hydrogens (primary N) is 1. The Morgan fingerprint density at radius 2 is 2.29 bits per heavy atom. The van der Waals surface area contributed by atoms with Crippen molar-refractivity contribution in [3.63, 3.8) is 0 Å². The fourth-order valence-electron chi connectivity index (χ4n) is 1.92. The predicted molar refractivity (Wildman–Crippen MR) is 54.3 cm³/mol. The first-order chi connectivity index (χ1) is 6.72. The van der Waals surface area contributed by atoms with Crippen LogP contribution in [0.3, 0.4) is 0 Å². The normalized spacial score (nSPS) is 25.6. The zero-order valence-corrected chi connectivity index (χ0v) is 8.23. The molecule has 3 nitrogen and oxygen atoms in total. The van der Waals surface area contributed by atoms with Gasteiger partial charge in [0.15, 0.2) is 0 Å². The lowest BCUT2D eigenvalue weighted by atomic mass is 9.86. The van der Waals surface area contributed by atoms with Crippen LogP contribution in [-0.2, 0) is 6.42 Å². The van der Waals surface area contributed by atoms with Gasteiger partial charge >= 0.3 is 0 Å². The van der Waals surface area contributed by atoms with Gasteiger partial charge in [0, 0.05) is 6.04 Å². The Labute approximate surface area is 83.5 Å². The second-order valence-corrected chi connectivity index (χ2v) is 3.71. The summed E-state index contributed by atoms with van der Waals surface area (Å²) in [5.74, 6) is 0.839. The van der Waals surface area contributed by atoms with E-state index in [-0.39, 0.29) is 6.04 Å². The Hall–Kier alpha value is -1.06. The van der Waals surface area contributed by atoms with Gasteiger partial charge in [-0.2, -0.15) is 0 Å². The molecule has 0 saturated carbocycles. The Morgan fingerprint density at radius 1 is 1.50 bits per heavy atom. The number of aryl methyl sites for hydroxylation is 1. The summed E-state index contributed by atoms with van der Waals surface area (Å²) in [4.78, 5) is 0. The molecule has 1 aliphatic carbocycles. The van der Waals surface area contributed by atoms with Crippen LogP contribution < -0.4 is 10.5 Å². The first kappa shape index (κ1) is 9.49. The molecule has 0 fully saturated rings. The smallest absolute Gasteiger partial charge is 0.119 e. The van der Waals surface area contributed by atoms with Crippen molar-refractivity contribution in [3.05, 3.63) is 29.3 Å². The summed E-state index contributed by atoms with van der Waals surface area (Å²) in [6, 6.07) is 5.61. The Balaban J connectivity index is 2.38. The van der Waals surface area contributed by atoms with Crippen molar-refractivity contribution in [2.75, 3.05) is 7.11 Å². The third-order valence-corrected chi connectivity index (χ3v) is 2.82. The summed E-state index contributed by atoms with van der Waals surface area (Å²) in [7, 11) is 1.65. The molecule has 1 aliphatic rings. The minimum Gasteiger partial charge on any atom is -0.497 e. The lowest BCUT2D eigenvalue weighted by Crippen LogP contribution is -2.32. The van der Waals surface area contributed by atoms with E-state index >= 15 is 0 Å². The van der Waals surface area contributed by atoms with E-state index in [2.05, 4.69) is 0 Å². The van der Waals surface area contributed by atoms with Gasteiger partial charge in [-0.15, -0.1) is 0 Å². The number of benzene rings is 1. The molecular weight excluding hydrogens is 178 g/mol. The van der Waals surface area contributed by atoms with Gasteiger partial charge in [-0.1, -0.05) is 6.07 Å². The molecule has 2 atom stereocenters. The predicted octanol–water partition coefficient (Wildman–Crippen LogP) is 1.00. The first-order valence-corrected chi connectivity index (χ1v) is 4.83. The lowest BCUT2D eigenvalue weighted by molar-refractivity contribution is 0.133. The van der Waals surface area contributed by atoms with E-state index in [4.69, 9.17) is 10.5 Å². The van der Waals surface area contributed by atoms with Crippen molar-refractivity contribution < 1.29 is 9.84 Å². The van der Waals surface area contributed by atoms with E-state index in [1.54, 1.807) is 7.11 Å². The van der Waals surface area contributed by atoms with Crippen molar-refractivity contribution in [3.8, 4) is 5.75 Å². The average Bonchev–Trinajstić information content (AvgIpc) is 2.23. The highest BCUT2D eigenvalue weighted by molar-refractivity contribution is 5.39. The van der Waals surface area contributed by atoms with Gasteiger partial charge in [-0.3, -0.25) is 0 Å². The van der Waals surface area contributed by atoms with Crippen molar-refractivity contribution in [1.29, 1.82) is 0 Å². The molecule has 76 valence electrons. The Bertz CT molecular complexity index is 338. The first-order valence-electron chi connectivity index (χ1n) is 4.83. The maximum absolute atomic E-state index is 9.83. The molecule has 2 unspecified atom stereocenters. The molecule has 0 heterocycles. The highest BCUT2D eigenvalue weighted by Crippen LogP contribution is 2.31. The van der Waals surface area contributed by atoms with Gasteiger partial charge in [-0.25, -0.2) is 0 Å². The van der Waals surface area contributed by atoms with Crippen LogP contribution in [0, 0.1) is 0 Å². The van der Waals surface area contributed by atoms with Crippen LogP contribution in [0.4, 0.5) is 0 Å². The molecular formula is C11H15NO2. The number of aliphatic hydroxyl groups is 1. The van der Waals surface area contributed by atoms with E-state index in [1.165, 1.54) is 0 Å². The molecule has 0 bridgehead atoms. The second kappa shape index (κ2) is 3.59. The minimum atomic E-state index is -0.523. The summed E-state index contributed by atoms with van der Waals surface area (Å²) in [5, 5.41) is 9.83. The molecule has 14 heavy (non-hydrogen) atoms. The van der Waals surface area contributed by atoms with Gasteiger partial charge in [0.25, 0.3) is 0 Å². The standard InChI is InChI=1S/C11H15NO2/c1-14-8-3-4-9-7(6-8)2-5-10(12)11(9)13/h3-4,6,10-11,13H,2,5,12H2,1H3. The highest BCUT2D eigenvalue weighted by Gasteiger charge is 2.24. The summed E-state index contributed by atoms with van der Waals surface area (Å²) in [5.41, 5.74) is 7.88.